The molecule has 0 amide bonds. The average molecular weight is 335 g/mol. The molecule has 4 aromatic rings. The maximum atomic E-state index is 6.00. The molecule has 0 unspecified atom stereocenters. The van der Waals surface area contributed by atoms with Gasteiger partial charge in [0, 0.05) is 11.6 Å². The zero-order valence-electron chi connectivity index (χ0n) is 13.1. The smallest absolute Gasteiger partial charge is 0.222 e. The van der Waals surface area contributed by atoms with Gasteiger partial charge < -0.3 is 0 Å². The second kappa shape index (κ2) is 6.06. The van der Waals surface area contributed by atoms with Crippen LogP contribution in [0, 0.1) is 6.92 Å². The van der Waals surface area contributed by atoms with E-state index in [1.165, 1.54) is 5.56 Å². The molecule has 5 heteroatoms. The molecule has 2 heterocycles. The first-order valence-corrected chi connectivity index (χ1v) is 8.09. The van der Waals surface area contributed by atoms with E-state index in [2.05, 4.69) is 34.2 Å². The summed E-state index contributed by atoms with van der Waals surface area (Å²) >= 11 is 6.00. The normalized spacial score (nSPS) is 11.1. The van der Waals surface area contributed by atoms with Crippen molar-refractivity contribution >= 4 is 22.5 Å². The van der Waals surface area contributed by atoms with Gasteiger partial charge in [0.2, 0.25) is 5.28 Å². The van der Waals surface area contributed by atoms with E-state index < -0.39 is 0 Å². The minimum atomic E-state index is 0.234. The van der Waals surface area contributed by atoms with Gasteiger partial charge in [-0.2, -0.15) is 5.10 Å². The second-order valence-corrected chi connectivity index (χ2v) is 6.02. The fourth-order valence-corrected chi connectivity index (χ4v) is 2.97. The SMILES string of the molecule is Cc1cnc(Cl)nc1-c1nn(Cc2ccccc2)c2ccccc12. The van der Waals surface area contributed by atoms with Gasteiger partial charge in [-0.05, 0) is 35.7 Å². The summed E-state index contributed by atoms with van der Waals surface area (Å²) in [7, 11) is 0. The molecule has 0 saturated heterocycles. The molecule has 0 aliphatic carbocycles. The number of hydrogen-bond donors (Lipinski definition) is 0. The molecule has 118 valence electrons. The Labute approximate surface area is 144 Å². The lowest BCUT2D eigenvalue weighted by Gasteiger charge is -2.03. The van der Waals surface area contributed by atoms with Crippen molar-refractivity contribution in [1.82, 2.24) is 19.7 Å². The second-order valence-electron chi connectivity index (χ2n) is 5.68. The van der Waals surface area contributed by atoms with E-state index in [0.29, 0.717) is 6.54 Å². The molecule has 0 N–H and O–H groups in total. The van der Waals surface area contributed by atoms with E-state index in [-0.39, 0.29) is 5.28 Å². The molecule has 0 atom stereocenters. The van der Waals surface area contributed by atoms with E-state index in [9.17, 15) is 0 Å². The number of rotatable bonds is 3. The summed E-state index contributed by atoms with van der Waals surface area (Å²) in [6.45, 7) is 2.68. The number of fused-ring (bicyclic) bond motifs is 1. The Morgan fingerprint density at radius 1 is 0.958 bits per heavy atom. The van der Waals surface area contributed by atoms with Gasteiger partial charge in [0.1, 0.15) is 5.69 Å². The van der Waals surface area contributed by atoms with E-state index in [0.717, 1.165) is 27.9 Å². The Morgan fingerprint density at radius 3 is 2.54 bits per heavy atom. The molecular formula is C19H15ClN4. The molecule has 0 radical (unpaired) electrons. The van der Waals surface area contributed by atoms with Crippen molar-refractivity contribution in [3.05, 3.63) is 77.2 Å². The van der Waals surface area contributed by atoms with Crippen LogP contribution in [0.4, 0.5) is 0 Å². The van der Waals surface area contributed by atoms with Crippen LogP contribution in [0.1, 0.15) is 11.1 Å². The number of nitrogens with zero attached hydrogens (tertiary/aromatic N) is 4. The zero-order valence-corrected chi connectivity index (χ0v) is 13.9. The van der Waals surface area contributed by atoms with Gasteiger partial charge in [0.05, 0.1) is 17.8 Å². The molecule has 0 aliphatic heterocycles. The van der Waals surface area contributed by atoms with Crippen molar-refractivity contribution in [1.29, 1.82) is 0 Å². The van der Waals surface area contributed by atoms with Crippen LogP contribution in [0.15, 0.2) is 60.8 Å². The number of aromatic nitrogens is 4. The van der Waals surface area contributed by atoms with Crippen LogP contribution >= 0.6 is 11.6 Å². The summed E-state index contributed by atoms with van der Waals surface area (Å²) in [6.07, 6.45) is 1.73. The van der Waals surface area contributed by atoms with Crippen molar-refractivity contribution in [3.63, 3.8) is 0 Å². The monoisotopic (exact) mass is 334 g/mol. The van der Waals surface area contributed by atoms with Crippen LogP contribution in [0.25, 0.3) is 22.3 Å². The average Bonchev–Trinajstić information content (AvgIpc) is 2.97. The van der Waals surface area contributed by atoms with Crippen LogP contribution in [0.2, 0.25) is 5.28 Å². The zero-order chi connectivity index (χ0) is 16.5. The Bertz CT molecular complexity index is 1010. The van der Waals surface area contributed by atoms with Gasteiger partial charge >= 0.3 is 0 Å². The van der Waals surface area contributed by atoms with E-state index in [1.54, 1.807) is 6.20 Å². The molecule has 0 saturated carbocycles. The lowest BCUT2D eigenvalue weighted by atomic mass is 10.1. The summed E-state index contributed by atoms with van der Waals surface area (Å²) in [5, 5.41) is 6.12. The van der Waals surface area contributed by atoms with E-state index in [4.69, 9.17) is 16.7 Å². The lowest BCUT2D eigenvalue weighted by molar-refractivity contribution is 0.714. The molecule has 0 fully saturated rings. The third-order valence-corrected chi connectivity index (χ3v) is 4.18. The summed E-state index contributed by atoms with van der Waals surface area (Å²) in [5.41, 5.74) is 4.84. The first kappa shape index (κ1) is 14.8. The van der Waals surface area contributed by atoms with Gasteiger partial charge in [-0.1, -0.05) is 48.5 Å². The molecule has 0 spiro atoms. The molecule has 2 aromatic carbocycles. The molecule has 0 aliphatic rings. The number of halogens is 1. The van der Waals surface area contributed by atoms with Gasteiger partial charge in [-0.15, -0.1) is 0 Å². The third kappa shape index (κ3) is 2.65. The molecule has 24 heavy (non-hydrogen) atoms. The highest BCUT2D eigenvalue weighted by atomic mass is 35.5. The third-order valence-electron chi connectivity index (χ3n) is 4.00. The summed E-state index contributed by atoms with van der Waals surface area (Å²) in [6, 6.07) is 18.5. The summed E-state index contributed by atoms with van der Waals surface area (Å²) < 4.78 is 2.01. The number of hydrogen-bond acceptors (Lipinski definition) is 3. The fourth-order valence-electron chi connectivity index (χ4n) is 2.84. The highest BCUT2D eigenvalue weighted by Gasteiger charge is 2.16. The first-order valence-electron chi connectivity index (χ1n) is 7.71. The maximum absolute atomic E-state index is 6.00. The Kier molecular flexibility index (Phi) is 3.75. The standard InChI is InChI=1S/C19H15ClN4/c1-13-11-21-19(20)22-17(13)18-15-9-5-6-10-16(15)24(23-18)12-14-7-3-2-4-8-14/h2-11H,12H2,1H3. The summed E-state index contributed by atoms with van der Waals surface area (Å²) in [4.78, 5) is 8.43. The number of benzene rings is 2. The highest BCUT2D eigenvalue weighted by molar-refractivity contribution is 6.28. The topological polar surface area (TPSA) is 43.6 Å². The van der Waals surface area contributed by atoms with Crippen molar-refractivity contribution in [2.24, 2.45) is 0 Å². The van der Waals surface area contributed by atoms with Gasteiger partial charge in [0.25, 0.3) is 0 Å². The van der Waals surface area contributed by atoms with E-state index >= 15 is 0 Å². The number of para-hydroxylation sites is 1. The predicted octanol–water partition coefficient (Wildman–Crippen LogP) is 4.50. The van der Waals surface area contributed by atoms with Crippen molar-refractivity contribution in [2.75, 3.05) is 0 Å². The van der Waals surface area contributed by atoms with Crippen molar-refractivity contribution < 1.29 is 0 Å². The summed E-state index contributed by atoms with van der Waals surface area (Å²) in [5.74, 6) is 0. The van der Waals surface area contributed by atoms with Crippen LogP contribution in [-0.4, -0.2) is 19.7 Å². The van der Waals surface area contributed by atoms with Crippen molar-refractivity contribution in [2.45, 2.75) is 13.5 Å². The van der Waals surface area contributed by atoms with Crippen LogP contribution in [-0.2, 0) is 6.54 Å². The van der Waals surface area contributed by atoms with E-state index in [1.807, 2.05) is 41.9 Å². The molecule has 4 nitrogen and oxygen atoms in total. The quantitative estimate of drug-likeness (QED) is 0.518. The fraction of sp³-hybridized carbons (Fsp3) is 0.105. The largest absolute Gasteiger partial charge is 0.260 e. The van der Waals surface area contributed by atoms with Crippen LogP contribution in [0.5, 0.6) is 0 Å². The molecule has 0 bridgehead atoms. The molecular weight excluding hydrogens is 320 g/mol. The maximum Gasteiger partial charge on any atom is 0.222 e. The first-order chi connectivity index (χ1) is 11.7. The highest BCUT2D eigenvalue weighted by Crippen LogP contribution is 2.29. The number of aryl methyl sites for hydroxylation is 1. The molecule has 4 rings (SSSR count). The van der Waals surface area contributed by atoms with Gasteiger partial charge in [-0.25, -0.2) is 9.97 Å². The van der Waals surface area contributed by atoms with Gasteiger partial charge in [0.15, 0.2) is 0 Å². The lowest BCUT2D eigenvalue weighted by Crippen LogP contribution is -2.02. The Hall–Kier alpha value is -2.72. The van der Waals surface area contributed by atoms with Crippen LogP contribution in [0.3, 0.4) is 0 Å². The van der Waals surface area contributed by atoms with Crippen LogP contribution < -0.4 is 0 Å². The minimum Gasteiger partial charge on any atom is -0.260 e. The van der Waals surface area contributed by atoms with Gasteiger partial charge in [-0.3, -0.25) is 4.68 Å². The van der Waals surface area contributed by atoms with Crippen molar-refractivity contribution in [3.8, 4) is 11.4 Å². The minimum absolute atomic E-state index is 0.234. The predicted molar refractivity (Wildman–Crippen MR) is 96.1 cm³/mol. The Balaban J connectivity index is 1.90. The Morgan fingerprint density at radius 2 is 1.71 bits per heavy atom. The molecule has 2 aromatic heterocycles.